The van der Waals surface area contributed by atoms with Crippen LogP contribution in [0.15, 0.2) is 52.9 Å². The first-order valence-electron chi connectivity index (χ1n) is 8.87. The Morgan fingerprint density at radius 2 is 2.04 bits per heavy atom. The predicted octanol–water partition coefficient (Wildman–Crippen LogP) is 4.79. The fraction of sp³-hybridized carbons (Fsp3) is 0.333. The lowest BCUT2D eigenvalue weighted by Gasteiger charge is -2.49. The fourth-order valence-electron chi connectivity index (χ4n) is 4.64. The molecule has 5 rings (SSSR count). The van der Waals surface area contributed by atoms with Crippen molar-refractivity contribution in [1.82, 2.24) is 0 Å². The summed E-state index contributed by atoms with van der Waals surface area (Å²) < 4.78 is 27.1. The number of halogens is 1. The number of hydrogen-bond donors (Lipinski definition) is 1. The SMILES string of the molecule is CC1(C)c2ccc(F)cc2NC2C3=C(c4ccccc4SC3)[S+]([O-])CC21. The monoisotopic (exact) mass is 385 g/mol. The zero-order valence-electron chi connectivity index (χ0n) is 14.7. The van der Waals surface area contributed by atoms with Gasteiger partial charge in [-0.25, -0.2) is 4.39 Å². The molecule has 2 nitrogen and oxygen atoms in total. The molecule has 3 aliphatic rings. The van der Waals surface area contributed by atoms with Crippen LogP contribution in [0.3, 0.4) is 0 Å². The number of hydrogen-bond acceptors (Lipinski definition) is 3. The average Bonchev–Trinajstić information content (AvgIpc) is 2.62. The second-order valence-electron chi connectivity index (χ2n) is 7.79. The molecular weight excluding hydrogens is 365 g/mol. The van der Waals surface area contributed by atoms with Gasteiger partial charge in [-0.3, -0.25) is 0 Å². The Balaban J connectivity index is 1.69. The molecule has 2 aromatic rings. The standard InChI is InChI=1S/C21H20FNOS2/c1-21(2)15-8-7-12(22)9-17(15)23-19-14-10-25-18-6-4-3-5-13(18)20(14)26(24)11-16(19)21/h3-9,16,19,23H,10-11H2,1-2H3. The van der Waals surface area contributed by atoms with Crippen LogP contribution in [0.25, 0.3) is 4.91 Å². The molecule has 26 heavy (non-hydrogen) atoms. The van der Waals surface area contributed by atoms with Crippen LogP contribution in [0, 0.1) is 11.7 Å². The van der Waals surface area contributed by atoms with Gasteiger partial charge in [0, 0.05) is 38.8 Å². The highest BCUT2D eigenvalue weighted by atomic mass is 32.2. The van der Waals surface area contributed by atoms with E-state index in [9.17, 15) is 8.94 Å². The molecule has 3 unspecified atom stereocenters. The number of fused-ring (bicyclic) bond motifs is 5. The van der Waals surface area contributed by atoms with E-state index in [1.165, 1.54) is 16.5 Å². The lowest BCUT2D eigenvalue weighted by Crippen LogP contribution is -2.53. The molecule has 0 amide bonds. The first kappa shape index (κ1) is 16.7. The summed E-state index contributed by atoms with van der Waals surface area (Å²) >= 11 is 0.798. The van der Waals surface area contributed by atoms with E-state index in [-0.39, 0.29) is 23.2 Å². The lowest BCUT2D eigenvalue weighted by atomic mass is 9.66. The number of rotatable bonds is 0. The molecule has 0 aromatic heterocycles. The summed E-state index contributed by atoms with van der Waals surface area (Å²) in [5, 5.41) is 3.60. The molecular formula is C21H20FNOS2. The first-order chi connectivity index (χ1) is 12.5. The normalized spacial score (nSPS) is 28.4. The van der Waals surface area contributed by atoms with Crippen molar-refractivity contribution in [2.75, 3.05) is 16.8 Å². The van der Waals surface area contributed by atoms with Crippen LogP contribution >= 0.6 is 11.8 Å². The summed E-state index contributed by atoms with van der Waals surface area (Å²) in [4.78, 5) is 2.21. The average molecular weight is 386 g/mol. The second kappa shape index (κ2) is 5.78. The number of nitrogens with one attached hydrogen (secondary N) is 1. The van der Waals surface area contributed by atoms with Crippen LogP contribution in [-0.2, 0) is 16.6 Å². The van der Waals surface area contributed by atoms with E-state index in [1.807, 2.05) is 30.0 Å². The Morgan fingerprint density at radius 3 is 2.88 bits per heavy atom. The van der Waals surface area contributed by atoms with Crippen LogP contribution in [0.1, 0.15) is 25.0 Å². The third-order valence-electron chi connectivity index (χ3n) is 6.06. The summed E-state index contributed by atoms with van der Waals surface area (Å²) in [5.41, 5.74) is 4.17. The molecule has 0 fully saturated rings. The quantitative estimate of drug-likeness (QED) is 0.662. The first-order valence-corrected chi connectivity index (χ1v) is 11.2. The summed E-state index contributed by atoms with van der Waals surface area (Å²) in [6, 6.07) is 13.4. The Morgan fingerprint density at radius 1 is 1.23 bits per heavy atom. The van der Waals surface area contributed by atoms with Gasteiger partial charge < -0.3 is 9.87 Å². The van der Waals surface area contributed by atoms with Gasteiger partial charge in [0.25, 0.3) is 0 Å². The summed E-state index contributed by atoms with van der Waals surface area (Å²) in [5.74, 6) is 1.49. The largest absolute Gasteiger partial charge is 0.611 e. The predicted molar refractivity (Wildman–Crippen MR) is 107 cm³/mol. The Kier molecular flexibility index (Phi) is 3.72. The Bertz CT molecular complexity index is 939. The highest BCUT2D eigenvalue weighted by Gasteiger charge is 2.51. The molecule has 0 saturated heterocycles. The van der Waals surface area contributed by atoms with Gasteiger partial charge in [-0.2, -0.15) is 0 Å². The van der Waals surface area contributed by atoms with Crippen LogP contribution in [0.4, 0.5) is 10.1 Å². The summed E-state index contributed by atoms with van der Waals surface area (Å²) in [7, 11) is 0. The molecule has 3 heterocycles. The summed E-state index contributed by atoms with van der Waals surface area (Å²) in [6.45, 7) is 4.41. The van der Waals surface area contributed by atoms with Crippen LogP contribution in [0.2, 0.25) is 0 Å². The van der Waals surface area contributed by atoms with E-state index >= 15 is 0 Å². The van der Waals surface area contributed by atoms with Crippen molar-refractivity contribution < 1.29 is 8.94 Å². The molecule has 0 spiro atoms. The number of benzene rings is 2. The minimum Gasteiger partial charge on any atom is -0.611 e. The molecule has 1 N–H and O–H groups in total. The van der Waals surface area contributed by atoms with E-state index in [0.717, 1.165) is 27.5 Å². The van der Waals surface area contributed by atoms with E-state index < -0.39 is 11.2 Å². The van der Waals surface area contributed by atoms with Crippen LogP contribution in [0.5, 0.6) is 0 Å². The maximum Gasteiger partial charge on any atom is 0.163 e. The zero-order chi connectivity index (χ0) is 18.1. The highest BCUT2D eigenvalue weighted by molar-refractivity contribution is 8.02. The second-order valence-corrected chi connectivity index (χ2v) is 10.2. The molecule has 0 saturated carbocycles. The smallest absolute Gasteiger partial charge is 0.163 e. The minimum atomic E-state index is -1.01. The van der Waals surface area contributed by atoms with Gasteiger partial charge in [-0.1, -0.05) is 32.0 Å². The number of anilines is 1. The van der Waals surface area contributed by atoms with E-state index in [0.29, 0.717) is 5.75 Å². The van der Waals surface area contributed by atoms with Crippen molar-refractivity contribution in [3.63, 3.8) is 0 Å². The molecule has 134 valence electrons. The Hall–Kier alpha value is -1.43. The van der Waals surface area contributed by atoms with E-state index in [1.54, 1.807) is 6.07 Å². The minimum absolute atomic E-state index is 0.104. The van der Waals surface area contributed by atoms with Crippen molar-refractivity contribution in [3.8, 4) is 0 Å². The van der Waals surface area contributed by atoms with Gasteiger partial charge in [-0.15, -0.1) is 11.8 Å². The topological polar surface area (TPSA) is 35.1 Å². The molecule has 0 aliphatic carbocycles. The van der Waals surface area contributed by atoms with Crippen LogP contribution < -0.4 is 5.32 Å². The maximum atomic E-state index is 13.9. The molecule has 0 radical (unpaired) electrons. The molecule has 5 heteroatoms. The molecule has 0 bridgehead atoms. The van der Waals surface area contributed by atoms with Crippen molar-refractivity contribution >= 4 is 33.5 Å². The van der Waals surface area contributed by atoms with Crippen LogP contribution in [-0.4, -0.2) is 22.1 Å². The van der Waals surface area contributed by atoms with E-state index in [2.05, 4.69) is 31.3 Å². The third-order valence-corrected chi connectivity index (χ3v) is 8.78. The Labute approximate surface area is 160 Å². The van der Waals surface area contributed by atoms with Crippen molar-refractivity contribution in [1.29, 1.82) is 0 Å². The lowest BCUT2D eigenvalue weighted by molar-refractivity contribution is 0.308. The zero-order valence-corrected chi connectivity index (χ0v) is 16.3. The third kappa shape index (κ3) is 2.30. The molecule has 2 aromatic carbocycles. The van der Waals surface area contributed by atoms with E-state index in [4.69, 9.17) is 0 Å². The van der Waals surface area contributed by atoms with Crippen molar-refractivity contribution in [3.05, 3.63) is 65.0 Å². The van der Waals surface area contributed by atoms with Gasteiger partial charge in [0.15, 0.2) is 4.91 Å². The van der Waals surface area contributed by atoms with Gasteiger partial charge in [0.05, 0.1) is 6.04 Å². The van der Waals surface area contributed by atoms with Crippen molar-refractivity contribution in [2.24, 2.45) is 5.92 Å². The van der Waals surface area contributed by atoms with Gasteiger partial charge in [0.1, 0.15) is 11.6 Å². The van der Waals surface area contributed by atoms with Gasteiger partial charge in [0.2, 0.25) is 0 Å². The molecule has 3 aliphatic heterocycles. The molecule has 3 atom stereocenters. The highest BCUT2D eigenvalue weighted by Crippen LogP contribution is 2.53. The van der Waals surface area contributed by atoms with Gasteiger partial charge in [-0.05, 0) is 41.0 Å². The van der Waals surface area contributed by atoms with Crippen molar-refractivity contribution in [2.45, 2.75) is 30.2 Å². The summed E-state index contributed by atoms with van der Waals surface area (Å²) in [6.07, 6.45) is 0. The number of thioether (sulfide) groups is 1. The maximum absolute atomic E-state index is 13.9. The van der Waals surface area contributed by atoms with Gasteiger partial charge >= 0.3 is 0 Å². The fourth-order valence-corrected chi connectivity index (χ4v) is 7.95.